The van der Waals surface area contributed by atoms with Gasteiger partial charge in [0, 0.05) is 25.7 Å². The second-order valence-corrected chi connectivity index (χ2v) is 14.2. The molecule has 16 nitrogen and oxygen atoms in total. The predicted octanol–water partition coefficient (Wildman–Crippen LogP) is 2.90. The maximum atomic E-state index is 13.3. The second-order valence-electron chi connectivity index (χ2n) is 14.2. The minimum absolute atomic E-state index is 0.00608. The topological polar surface area (TPSA) is 245 Å². The van der Waals surface area contributed by atoms with E-state index in [2.05, 4.69) is 6.92 Å². The summed E-state index contributed by atoms with van der Waals surface area (Å²) in [6.45, 7) is 5.74. The number of esters is 4. The molecule has 0 spiro atoms. The molecular formula is C39H70O16. The van der Waals surface area contributed by atoms with Gasteiger partial charge in [-0.15, -0.1) is 0 Å². The third-order valence-electron chi connectivity index (χ3n) is 9.35. The Bertz CT molecular complexity index is 1060. The number of ether oxygens (including phenoxy) is 6. The molecule has 1 rings (SSSR count). The van der Waals surface area contributed by atoms with Gasteiger partial charge in [-0.05, 0) is 25.7 Å². The van der Waals surface area contributed by atoms with Crippen LogP contribution in [0.5, 0.6) is 0 Å². The molecule has 0 amide bonds. The molecule has 322 valence electrons. The first kappa shape index (κ1) is 50.6. The molecule has 1 aliphatic heterocycles. The standard InChI is InChI=1S/C39H70O16/c1-5-9-13-14-18-22-32(46)55-38-37(54-31(45)21-17-12-8-4)36(53-30(44)20-16-11-7-3)28(25-50-29(43)19-15-10-6-2)52-39(38)51-24-27(42)34(48)35(49)33(47)26(41)23-40/h26-28,33-42,47-49H,5-25H2,1-4H3/t26-,27+,28-,33-,34-,35+,36-,37+,38-,39-/m1/s1. The van der Waals surface area contributed by atoms with Crippen molar-refractivity contribution < 1.29 is 78.2 Å². The third kappa shape index (κ3) is 20.0. The molecular weight excluding hydrogens is 724 g/mol. The van der Waals surface area contributed by atoms with Gasteiger partial charge in [0.15, 0.2) is 24.6 Å². The minimum Gasteiger partial charge on any atom is -0.463 e. The lowest BCUT2D eigenvalue weighted by Gasteiger charge is -2.44. The van der Waals surface area contributed by atoms with Crippen LogP contribution in [-0.4, -0.2) is 136 Å². The van der Waals surface area contributed by atoms with Crippen molar-refractivity contribution >= 4 is 23.9 Å². The number of aliphatic hydroxyl groups excluding tert-OH is 6. The molecule has 1 heterocycles. The SMILES string of the molecule is CCCCCCCC(=O)O[C@H]1[C@H](OC[C@H](O)[C@@H](O)[C@@H](O)[C@H](O)[C@H](O)CO)O[C@H](COC(=O)CCCCC)[C@@H](OC(=O)CCCCC)[C@@H]1OC(=O)CCCCC. The Morgan fingerprint density at radius 3 is 1.45 bits per heavy atom. The van der Waals surface area contributed by atoms with Gasteiger partial charge in [0.05, 0.1) is 13.2 Å². The van der Waals surface area contributed by atoms with Crippen LogP contribution < -0.4 is 0 Å². The van der Waals surface area contributed by atoms with Gasteiger partial charge in [0.2, 0.25) is 0 Å². The molecule has 10 atom stereocenters. The first-order chi connectivity index (χ1) is 26.3. The van der Waals surface area contributed by atoms with Gasteiger partial charge in [0.25, 0.3) is 0 Å². The second kappa shape index (κ2) is 29.8. The van der Waals surface area contributed by atoms with E-state index in [4.69, 9.17) is 33.5 Å². The molecule has 0 aliphatic carbocycles. The molecule has 0 saturated carbocycles. The fourth-order valence-electron chi connectivity index (χ4n) is 5.92. The zero-order valence-corrected chi connectivity index (χ0v) is 33.4. The molecule has 55 heavy (non-hydrogen) atoms. The van der Waals surface area contributed by atoms with Gasteiger partial charge in [0.1, 0.15) is 43.2 Å². The van der Waals surface area contributed by atoms with E-state index in [1.165, 1.54) is 0 Å². The van der Waals surface area contributed by atoms with E-state index in [1.54, 1.807) is 0 Å². The maximum absolute atomic E-state index is 13.3. The van der Waals surface area contributed by atoms with Gasteiger partial charge in [-0.25, -0.2) is 0 Å². The van der Waals surface area contributed by atoms with Gasteiger partial charge >= 0.3 is 23.9 Å². The largest absolute Gasteiger partial charge is 0.463 e. The normalized spacial score (nSPS) is 22.5. The van der Waals surface area contributed by atoms with Crippen molar-refractivity contribution in [1.29, 1.82) is 0 Å². The first-order valence-corrected chi connectivity index (χ1v) is 20.4. The van der Waals surface area contributed by atoms with Gasteiger partial charge in [-0.3, -0.25) is 19.2 Å². The van der Waals surface area contributed by atoms with Gasteiger partial charge < -0.3 is 59.1 Å². The van der Waals surface area contributed by atoms with Crippen molar-refractivity contribution in [3.63, 3.8) is 0 Å². The molecule has 0 radical (unpaired) electrons. The molecule has 0 aromatic carbocycles. The van der Waals surface area contributed by atoms with Crippen molar-refractivity contribution in [2.75, 3.05) is 19.8 Å². The highest BCUT2D eigenvalue weighted by atomic mass is 16.7. The summed E-state index contributed by atoms with van der Waals surface area (Å²) in [4.78, 5) is 52.5. The number of unbranched alkanes of at least 4 members (excludes halogenated alkanes) is 10. The van der Waals surface area contributed by atoms with Crippen LogP contribution in [0.25, 0.3) is 0 Å². The van der Waals surface area contributed by atoms with Crippen molar-refractivity contribution in [1.82, 2.24) is 0 Å². The Kier molecular flexibility index (Phi) is 27.4. The Balaban J connectivity index is 3.58. The van der Waals surface area contributed by atoms with Crippen molar-refractivity contribution in [3.8, 4) is 0 Å². The van der Waals surface area contributed by atoms with Crippen molar-refractivity contribution in [3.05, 3.63) is 0 Å². The van der Waals surface area contributed by atoms with Crippen LogP contribution in [0.4, 0.5) is 0 Å². The van der Waals surface area contributed by atoms with Gasteiger partial charge in [-0.1, -0.05) is 91.9 Å². The average Bonchev–Trinajstić information content (AvgIpc) is 3.16. The number of carbonyl (C=O) groups excluding carboxylic acids is 4. The fraction of sp³-hybridized carbons (Fsp3) is 0.897. The molecule has 16 heteroatoms. The maximum Gasteiger partial charge on any atom is 0.306 e. The molecule has 1 saturated heterocycles. The highest BCUT2D eigenvalue weighted by Crippen LogP contribution is 2.31. The Morgan fingerprint density at radius 1 is 0.527 bits per heavy atom. The van der Waals surface area contributed by atoms with Crippen LogP contribution in [-0.2, 0) is 47.6 Å². The number of aliphatic hydroxyl groups is 6. The van der Waals surface area contributed by atoms with E-state index >= 15 is 0 Å². The predicted molar refractivity (Wildman–Crippen MR) is 198 cm³/mol. The first-order valence-electron chi connectivity index (χ1n) is 20.4. The quantitative estimate of drug-likeness (QED) is 0.0336. The number of hydrogen-bond acceptors (Lipinski definition) is 16. The van der Waals surface area contributed by atoms with Gasteiger partial charge in [-0.2, -0.15) is 0 Å². The Morgan fingerprint density at radius 2 is 0.945 bits per heavy atom. The minimum atomic E-state index is -2.12. The summed E-state index contributed by atoms with van der Waals surface area (Å²) >= 11 is 0. The van der Waals surface area contributed by atoms with Crippen LogP contribution in [0.15, 0.2) is 0 Å². The molecule has 0 bridgehead atoms. The smallest absolute Gasteiger partial charge is 0.306 e. The van der Waals surface area contributed by atoms with Crippen molar-refractivity contribution in [2.45, 2.75) is 204 Å². The third-order valence-corrected chi connectivity index (χ3v) is 9.35. The molecule has 6 N–H and O–H groups in total. The fourth-order valence-corrected chi connectivity index (χ4v) is 5.92. The van der Waals surface area contributed by atoms with E-state index in [9.17, 15) is 44.7 Å². The van der Waals surface area contributed by atoms with E-state index in [-0.39, 0.29) is 25.7 Å². The average molecular weight is 795 g/mol. The van der Waals surface area contributed by atoms with Crippen LogP contribution in [0, 0.1) is 0 Å². The van der Waals surface area contributed by atoms with Crippen LogP contribution in [0.3, 0.4) is 0 Å². The number of hydrogen-bond donors (Lipinski definition) is 6. The molecule has 0 aromatic rings. The van der Waals surface area contributed by atoms with Crippen LogP contribution in [0.1, 0.15) is 143 Å². The summed E-state index contributed by atoms with van der Waals surface area (Å²) in [6.07, 6.45) is -6.89. The molecule has 0 aromatic heterocycles. The highest BCUT2D eigenvalue weighted by molar-refractivity contribution is 5.72. The summed E-state index contributed by atoms with van der Waals surface area (Å²) in [7, 11) is 0. The van der Waals surface area contributed by atoms with E-state index < -0.39 is 105 Å². The van der Waals surface area contributed by atoms with E-state index in [0.29, 0.717) is 25.7 Å². The highest BCUT2D eigenvalue weighted by Gasteiger charge is 2.53. The lowest BCUT2D eigenvalue weighted by atomic mass is 9.97. The van der Waals surface area contributed by atoms with Crippen LogP contribution in [0.2, 0.25) is 0 Å². The summed E-state index contributed by atoms with van der Waals surface area (Å²) in [6, 6.07) is 0. The zero-order chi connectivity index (χ0) is 41.2. The Labute approximate surface area is 326 Å². The summed E-state index contributed by atoms with van der Waals surface area (Å²) in [5.74, 6) is -2.58. The monoisotopic (exact) mass is 794 g/mol. The lowest BCUT2D eigenvalue weighted by molar-refractivity contribution is -0.313. The summed E-state index contributed by atoms with van der Waals surface area (Å²) in [5, 5.41) is 60.5. The van der Waals surface area contributed by atoms with Crippen LogP contribution >= 0.6 is 0 Å². The molecule has 1 aliphatic rings. The lowest BCUT2D eigenvalue weighted by Crippen LogP contribution is -2.63. The summed E-state index contributed by atoms with van der Waals surface area (Å²) in [5.41, 5.74) is 0. The number of rotatable bonds is 31. The zero-order valence-electron chi connectivity index (χ0n) is 33.4. The molecule has 0 unspecified atom stereocenters. The molecule has 1 fully saturated rings. The van der Waals surface area contributed by atoms with E-state index in [0.717, 1.165) is 64.2 Å². The van der Waals surface area contributed by atoms with Crippen molar-refractivity contribution in [2.24, 2.45) is 0 Å². The Hall–Kier alpha value is -2.44. The summed E-state index contributed by atoms with van der Waals surface area (Å²) < 4.78 is 35.2. The van der Waals surface area contributed by atoms with E-state index in [1.807, 2.05) is 20.8 Å². The number of carbonyl (C=O) groups is 4.